The van der Waals surface area contributed by atoms with E-state index >= 15 is 0 Å². The molecule has 0 bridgehead atoms. The fourth-order valence-corrected chi connectivity index (χ4v) is 6.86. The monoisotopic (exact) mass is 1100 g/mol. The molecule has 0 aliphatic carbocycles. The quantitative estimate of drug-likeness (QED) is 0.0271. The average Bonchev–Trinajstić information content (AvgIpc) is 3.79. The highest BCUT2D eigenvalue weighted by Crippen LogP contribution is 2.23. The number of aryl methyl sites for hydroxylation is 4. The molecule has 4 aromatic carbocycles. The van der Waals surface area contributed by atoms with Crippen molar-refractivity contribution in [1.82, 2.24) is 14.7 Å². The number of ether oxygens (including phenoxy) is 6. The SMILES string of the molecule is CN(C)CC(CO)OC(=O)CCC(=O)O.CN(C)CC(O)CO.COc1cccc(CCc2ccccc2O)c1.COc1cccc(CCc2ccccc2OCC(CN(C)C)OC(=O)CCC(=O)O)c1.O=C1CCC(=O)O1.[H+]. The number of likely N-dealkylation sites (N-methyl/N-ethyl adjacent to an activating group) is 3. The standard InChI is InChI=1S/C24H31NO6.C15H16O2.C9H17NO5.C5H13NO2.C4H4O3/c1-25(2)16-21(31-24(28)14-13-23(26)27)17-30-22-10-5-4-8-19(22)12-11-18-7-6-9-20(15-18)29-3;1-17-14-7-4-5-12(11-14)9-10-13-6-2-3-8-15(13)16;1-10(2)5-7(6-11)15-9(14)4-3-8(12)13;1-6(2)3-5(8)4-7;5-3-1-2-4(6)7-3/h4-10,15,21H,11-14,16-17H2,1-3H3,(H,26,27);2-8,11,16H,9-10H2,1H3;7,11H,3-6H2,1-2H3,(H,12,13);5,7-8H,3-4H2,1-2H3;1-2H2/p+1. The van der Waals surface area contributed by atoms with E-state index in [1.165, 1.54) is 11.1 Å². The Hall–Kier alpha value is -7.14. The first kappa shape index (κ1) is 68.9. The number of phenols is 1. The zero-order valence-corrected chi connectivity index (χ0v) is 46.2. The maximum atomic E-state index is 12.0. The lowest BCUT2D eigenvalue weighted by molar-refractivity contribution is -0.154. The molecule has 5 rings (SSSR count). The van der Waals surface area contributed by atoms with Crippen molar-refractivity contribution in [2.24, 2.45) is 0 Å². The van der Waals surface area contributed by atoms with E-state index < -0.39 is 54.1 Å². The number of methoxy groups -OCH3 is 2. The van der Waals surface area contributed by atoms with E-state index in [0.717, 1.165) is 54.1 Å². The second-order valence-corrected chi connectivity index (χ2v) is 18.4. The van der Waals surface area contributed by atoms with E-state index in [2.05, 4.69) is 16.9 Å². The number of carboxylic acid groups (broad SMARTS) is 2. The van der Waals surface area contributed by atoms with Crippen molar-refractivity contribution in [3.8, 4) is 23.0 Å². The molecule has 3 unspecified atom stereocenters. The lowest BCUT2D eigenvalue weighted by Crippen LogP contribution is -2.35. The molecule has 21 heteroatoms. The van der Waals surface area contributed by atoms with E-state index in [-0.39, 0.29) is 59.8 Å². The van der Waals surface area contributed by atoms with Gasteiger partial charge in [-0.3, -0.25) is 28.8 Å². The van der Waals surface area contributed by atoms with Crippen LogP contribution in [0.1, 0.15) is 62.2 Å². The summed E-state index contributed by atoms with van der Waals surface area (Å²) in [5.41, 5.74) is 4.43. The lowest BCUT2D eigenvalue weighted by atomic mass is 10.0. The molecular weight excluding hydrogens is 1010 g/mol. The van der Waals surface area contributed by atoms with Crippen molar-refractivity contribution in [3.05, 3.63) is 119 Å². The van der Waals surface area contributed by atoms with E-state index in [0.29, 0.717) is 25.4 Å². The van der Waals surface area contributed by atoms with Crippen LogP contribution in [-0.2, 0) is 68.7 Å². The van der Waals surface area contributed by atoms with Gasteiger partial charge in [0.05, 0.1) is 72.1 Å². The average molecular weight is 1100 g/mol. The minimum Gasteiger partial charge on any atom is -0.508 e. The minimum atomic E-state index is -1.04. The van der Waals surface area contributed by atoms with E-state index in [4.69, 9.17) is 49.2 Å². The van der Waals surface area contributed by atoms with Gasteiger partial charge in [0.25, 0.3) is 0 Å². The van der Waals surface area contributed by atoms with Gasteiger partial charge in [-0.15, -0.1) is 0 Å². The van der Waals surface area contributed by atoms with Crippen molar-refractivity contribution in [2.45, 2.75) is 82.5 Å². The molecule has 1 saturated heterocycles. The maximum Gasteiger partial charge on any atom is 1.00 e. The second kappa shape index (κ2) is 40.1. The molecule has 0 saturated carbocycles. The second-order valence-electron chi connectivity index (χ2n) is 18.4. The Balaban J connectivity index is 0.00000107. The van der Waals surface area contributed by atoms with Crippen LogP contribution >= 0.6 is 0 Å². The van der Waals surface area contributed by atoms with Crippen molar-refractivity contribution in [2.75, 3.05) is 96.0 Å². The molecule has 432 valence electrons. The van der Waals surface area contributed by atoms with Crippen LogP contribution in [0.5, 0.6) is 23.0 Å². The summed E-state index contributed by atoms with van der Waals surface area (Å²) >= 11 is 0. The number of aliphatic hydroxyl groups excluding tert-OH is 3. The molecule has 1 fully saturated rings. The van der Waals surface area contributed by atoms with Gasteiger partial charge in [-0.1, -0.05) is 60.7 Å². The molecule has 21 nitrogen and oxygen atoms in total. The molecule has 3 atom stereocenters. The van der Waals surface area contributed by atoms with Crippen LogP contribution in [0.25, 0.3) is 0 Å². The topological polar surface area (TPSA) is 289 Å². The molecule has 6 N–H and O–H groups in total. The van der Waals surface area contributed by atoms with Crippen LogP contribution in [0.4, 0.5) is 0 Å². The van der Waals surface area contributed by atoms with Gasteiger partial charge in [-0.2, -0.15) is 0 Å². The molecule has 1 aliphatic rings. The fraction of sp³-hybridized carbons (Fsp3) is 0.474. The summed E-state index contributed by atoms with van der Waals surface area (Å²) in [6.07, 6.45) is 1.37. The number of esters is 4. The fourth-order valence-electron chi connectivity index (χ4n) is 6.86. The lowest BCUT2D eigenvalue weighted by Gasteiger charge is -2.22. The van der Waals surface area contributed by atoms with Gasteiger partial charge in [-0.25, -0.2) is 0 Å². The number of cyclic esters (lactones) is 2. The highest BCUT2D eigenvalue weighted by molar-refractivity contribution is 5.92. The Morgan fingerprint density at radius 1 is 0.577 bits per heavy atom. The third-order valence-electron chi connectivity index (χ3n) is 10.6. The first-order valence-electron chi connectivity index (χ1n) is 25.2. The summed E-state index contributed by atoms with van der Waals surface area (Å²) in [5, 5.41) is 52.7. The number of hydrogen-bond acceptors (Lipinski definition) is 19. The third-order valence-corrected chi connectivity index (χ3v) is 10.6. The summed E-state index contributed by atoms with van der Waals surface area (Å²) < 4.78 is 30.9. The number of hydrogen-bond donors (Lipinski definition) is 6. The third kappa shape index (κ3) is 33.8. The normalized spacial score (nSPS) is 12.6. The summed E-state index contributed by atoms with van der Waals surface area (Å²) in [5.74, 6) is -1.18. The predicted molar refractivity (Wildman–Crippen MR) is 292 cm³/mol. The largest absolute Gasteiger partial charge is 1.00 e. The molecular formula is C57H82N3O18+. The number of para-hydroxylation sites is 2. The first-order valence-corrected chi connectivity index (χ1v) is 25.2. The predicted octanol–water partition coefficient (Wildman–Crippen LogP) is 4.56. The first-order chi connectivity index (χ1) is 37.1. The summed E-state index contributed by atoms with van der Waals surface area (Å²) in [6.45, 7) is 1.18. The van der Waals surface area contributed by atoms with Gasteiger partial charge >= 0.3 is 37.2 Å². The maximum absolute atomic E-state index is 12.0. The van der Waals surface area contributed by atoms with Gasteiger partial charge < -0.3 is 73.8 Å². The highest BCUT2D eigenvalue weighted by Gasteiger charge is 2.20. The number of aliphatic carboxylic acids is 2. The molecule has 0 aromatic heterocycles. The Labute approximate surface area is 459 Å². The van der Waals surface area contributed by atoms with Crippen LogP contribution in [0.3, 0.4) is 0 Å². The Bertz CT molecular complexity index is 2370. The van der Waals surface area contributed by atoms with Gasteiger partial charge in [0.15, 0.2) is 0 Å². The molecule has 78 heavy (non-hydrogen) atoms. The molecule has 1 aliphatic heterocycles. The van der Waals surface area contributed by atoms with Crippen LogP contribution in [0.15, 0.2) is 97.1 Å². The number of phenolic OH excluding ortho intramolecular Hbond substituents is 1. The summed E-state index contributed by atoms with van der Waals surface area (Å²) in [4.78, 5) is 69.4. The number of nitrogens with zero attached hydrogens (tertiary/aromatic N) is 3. The van der Waals surface area contributed by atoms with E-state index in [1.807, 2.05) is 117 Å². The van der Waals surface area contributed by atoms with Crippen molar-refractivity contribution in [3.63, 3.8) is 0 Å². The summed E-state index contributed by atoms with van der Waals surface area (Å²) in [7, 11) is 14.3. The number of carbonyl (C=O) groups is 6. The van der Waals surface area contributed by atoms with Crippen molar-refractivity contribution < 1.29 is 89.3 Å². The molecule has 0 radical (unpaired) electrons. The van der Waals surface area contributed by atoms with Crippen LogP contribution in [0.2, 0.25) is 0 Å². The number of aromatic hydroxyl groups is 1. The number of aliphatic hydroxyl groups is 3. The highest BCUT2D eigenvalue weighted by atomic mass is 16.6. The molecule has 0 amide bonds. The number of carboxylic acids is 2. The van der Waals surface area contributed by atoms with Crippen molar-refractivity contribution in [1.29, 1.82) is 0 Å². The van der Waals surface area contributed by atoms with Crippen LogP contribution in [-0.4, -0.2) is 195 Å². The Kier molecular flexibility index (Phi) is 35.4. The van der Waals surface area contributed by atoms with E-state index in [1.54, 1.807) is 39.3 Å². The zero-order chi connectivity index (χ0) is 58.4. The van der Waals surface area contributed by atoms with Crippen molar-refractivity contribution >= 4 is 35.8 Å². The molecule has 4 aromatic rings. The van der Waals surface area contributed by atoms with Crippen LogP contribution in [0, 0.1) is 0 Å². The molecule has 0 spiro atoms. The van der Waals surface area contributed by atoms with E-state index in [9.17, 15) is 33.9 Å². The Morgan fingerprint density at radius 2 is 1.03 bits per heavy atom. The zero-order valence-electron chi connectivity index (χ0n) is 47.2. The van der Waals surface area contributed by atoms with Gasteiger partial charge in [0, 0.05) is 19.6 Å². The molecule has 1 heterocycles. The summed E-state index contributed by atoms with van der Waals surface area (Å²) in [6, 6.07) is 31.3. The number of rotatable bonds is 27. The number of benzene rings is 4. The van der Waals surface area contributed by atoms with Crippen LogP contribution < -0.4 is 14.2 Å². The van der Waals surface area contributed by atoms with Gasteiger partial charge in [-0.05, 0) is 127 Å². The smallest absolute Gasteiger partial charge is 0.508 e. The van der Waals surface area contributed by atoms with Gasteiger partial charge in [0.2, 0.25) is 0 Å². The Morgan fingerprint density at radius 3 is 1.44 bits per heavy atom. The van der Waals surface area contributed by atoms with Gasteiger partial charge in [0.1, 0.15) is 41.8 Å². The number of carbonyl (C=O) groups excluding carboxylic acids is 4. The minimum absolute atomic E-state index is 0.